The van der Waals surface area contributed by atoms with Gasteiger partial charge in [-0.1, -0.05) is 18.2 Å². The normalized spacial score (nSPS) is 18.3. The Bertz CT molecular complexity index is 1630. The van der Waals surface area contributed by atoms with Gasteiger partial charge in [-0.05, 0) is 44.9 Å². The topological polar surface area (TPSA) is 138 Å². The number of aromatic nitrogens is 4. The zero-order valence-corrected chi connectivity index (χ0v) is 21.3. The Morgan fingerprint density at radius 3 is 2.31 bits per heavy atom. The first-order valence-corrected chi connectivity index (χ1v) is 14.6. The van der Waals surface area contributed by atoms with E-state index in [1.54, 1.807) is 31.3 Å². The van der Waals surface area contributed by atoms with E-state index in [1.807, 2.05) is 17.6 Å². The lowest BCUT2D eigenvalue weighted by atomic mass is 9.89. The van der Waals surface area contributed by atoms with Crippen LogP contribution >= 0.6 is 0 Å². The molecule has 0 amide bonds. The van der Waals surface area contributed by atoms with Gasteiger partial charge in [-0.25, -0.2) is 31.1 Å². The minimum absolute atomic E-state index is 0.0977. The smallest absolute Gasteiger partial charge is 0.226 e. The van der Waals surface area contributed by atoms with Gasteiger partial charge >= 0.3 is 0 Å². The number of nitrogens with zero attached hydrogens (tertiary/aromatic N) is 4. The third kappa shape index (κ3) is 3.84. The van der Waals surface area contributed by atoms with Crippen molar-refractivity contribution in [3.63, 3.8) is 0 Å². The molecule has 35 heavy (non-hydrogen) atoms. The molecular formula is C23H27N5O5S2. The molecule has 4 aromatic rings. The van der Waals surface area contributed by atoms with Crippen LogP contribution in [0.25, 0.3) is 22.1 Å². The van der Waals surface area contributed by atoms with E-state index < -0.39 is 31.5 Å². The average Bonchev–Trinajstić information content (AvgIpc) is 3.43. The van der Waals surface area contributed by atoms with Crippen molar-refractivity contribution < 1.29 is 21.9 Å². The van der Waals surface area contributed by atoms with Crippen LogP contribution in [0.2, 0.25) is 0 Å². The standard InChI is InChI=1S/C23H27N5O5S2/c1-15(29)21-25-18-19(28(21)23(2)10-13-27(14-11-23)34(3,30)31)17-9-12-24-20(17)26-22(18)35(32,33)16-7-5-4-6-8-16/h4-9,12,15,29H,10-11,13-14H2,1-3H3,(H,24,26)/t15-/m1/s1. The third-order valence-corrected chi connectivity index (χ3v) is 9.78. The number of benzene rings is 1. The number of pyridine rings is 1. The molecule has 0 saturated carbocycles. The second-order valence-corrected chi connectivity index (χ2v) is 13.2. The van der Waals surface area contributed by atoms with Gasteiger partial charge in [0.15, 0.2) is 5.03 Å². The van der Waals surface area contributed by atoms with E-state index in [9.17, 15) is 21.9 Å². The summed E-state index contributed by atoms with van der Waals surface area (Å²) in [5.74, 6) is 0.315. The van der Waals surface area contributed by atoms with Gasteiger partial charge in [-0.3, -0.25) is 0 Å². The molecular weight excluding hydrogens is 490 g/mol. The molecule has 186 valence electrons. The highest BCUT2D eigenvalue weighted by atomic mass is 32.2. The van der Waals surface area contributed by atoms with E-state index in [0.717, 1.165) is 0 Å². The first kappa shape index (κ1) is 23.9. The minimum atomic E-state index is -4.02. The Morgan fingerprint density at radius 1 is 1.06 bits per heavy atom. The van der Waals surface area contributed by atoms with Crippen molar-refractivity contribution in [2.75, 3.05) is 19.3 Å². The van der Waals surface area contributed by atoms with Crippen molar-refractivity contribution in [2.45, 2.75) is 48.3 Å². The monoisotopic (exact) mass is 517 g/mol. The molecule has 0 bridgehead atoms. The summed E-state index contributed by atoms with van der Waals surface area (Å²) in [5.41, 5.74) is 0.518. The van der Waals surface area contributed by atoms with Gasteiger partial charge in [0, 0.05) is 30.2 Å². The van der Waals surface area contributed by atoms with Crippen LogP contribution in [0.4, 0.5) is 0 Å². The second kappa shape index (κ2) is 8.12. The van der Waals surface area contributed by atoms with E-state index >= 15 is 0 Å². The molecule has 0 spiro atoms. The SMILES string of the molecule is C[C@@H](O)c1nc2c(S(=O)(=O)c3ccccc3)nc3[nH]ccc3c2n1C1(C)CCN(S(C)(=O)=O)CC1. The Balaban J connectivity index is 1.80. The van der Waals surface area contributed by atoms with Crippen molar-refractivity contribution in [1.29, 1.82) is 0 Å². The summed E-state index contributed by atoms with van der Waals surface area (Å²) in [5, 5.41) is 11.2. The number of hydrogen-bond donors (Lipinski definition) is 2. The van der Waals surface area contributed by atoms with Crippen molar-refractivity contribution in [3.8, 4) is 0 Å². The van der Waals surface area contributed by atoms with Crippen molar-refractivity contribution >= 4 is 41.9 Å². The number of sulfonamides is 1. The summed E-state index contributed by atoms with van der Waals surface area (Å²) in [7, 11) is -7.35. The van der Waals surface area contributed by atoms with E-state index in [0.29, 0.717) is 48.3 Å². The fourth-order valence-electron chi connectivity index (χ4n) is 4.88. The molecule has 5 rings (SSSR count). The summed E-state index contributed by atoms with van der Waals surface area (Å²) in [4.78, 5) is 12.2. The molecule has 1 aliphatic rings. The van der Waals surface area contributed by atoms with Gasteiger partial charge < -0.3 is 14.7 Å². The lowest BCUT2D eigenvalue weighted by molar-refractivity contribution is 0.144. The van der Waals surface area contributed by atoms with Crippen LogP contribution < -0.4 is 0 Å². The predicted octanol–water partition coefficient (Wildman–Crippen LogP) is 2.57. The maximum Gasteiger partial charge on any atom is 0.226 e. The fraction of sp³-hybridized carbons (Fsp3) is 0.391. The highest BCUT2D eigenvalue weighted by Gasteiger charge is 2.39. The van der Waals surface area contributed by atoms with Crippen molar-refractivity contribution in [2.24, 2.45) is 0 Å². The molecule has 3 aromatic heterocycles. The summed E-state index contributed by atoms with van der Waals surface area (Å²) in [6.07, 6.45) is 2.83. The molecule has 1 atom stereocenters. The molecule has 1 aliphatic heterocycles. The lowest BCUT2D eigenvalue weighted by Gasteiger charge is -2.41. The molecule has 0 radical (unpaired) electrons. The number of piperidine rings is 1. The molecule has 0 unspecified atom stereocenters. The number of H-pyrrole nitrogens is 1. The Labute approximate surface area is 203 Å². The maximum absolute atomic E-state index is 13.7. The number of imidazole rings is 1. The Kier molecular flexibility index (Phi) is 5.55. The summed E-state index contributed by atoms with van der Waals surface area (Å²) < 4.78 is 54.8. The molecule has 10 nitrogen and oxygen atoms in total. The summed E-state index contributed by atoms with van der Waals surface area (Å²) in [6, 6.07) is 9.86. The van der Waals surface area contributed by atoms with Gasteiger partial charge in [0.2, 0.25) is 19.9 Å². The van der Waals surface area contributed by atoms with Gasteiger partial charge in [-0.2, -0.15) is 0 Å². The van der Waals surface area contributed by atoms with Gasteiger partial charge in [-0.15, -0.1) is 0 Å². The van der Waals surface area contributed by atoms with Crippen LogP contribution in [0.15, 0.2) is 52.5 Å². The van der Waals surface area contributed by atoms with Crippen LogP contribution in [0.3, 0.4) is 0 Å². The Morgan fingerprint density at radius 2 is 1.71 bits per heavy atom. The van der Waals surface area contributed by atoms with Crippen LogP contribution in [0, 0.1) is 0 Å². The number of sulfone groups is 1. The first-order valence-electron chi connectivity index (χ1n) is 11.3. The van der Waals surface area contributed by atoms with Crippen LogP contribution in [-0.4, -0.2) is 65.1 Å². The minimum Gasteiger partial charge on any atom is -0.385 e. The number of fused-ring (bicyclic) bond motifs is 3. The van der Waals surface area contributed by atoms with Gasteiger partial charge in [0.1, 0.15) is 23.1 Å². The number of nitrogens with one attached hydrogen (secondary N) is 1. The number of rotatable bonds is 5. The van der Waals surface area contributed by atoms with Gasteiger partial charge in [0.05, 0.1) is 16.7 Å². The quantitative estimate of drug-likeness (QED) is 0.415. The zero-order valence-electron chi connectivity index (χ0n) is 19.6. The first-order chi connectivity index (χ1) is 16.4. The Hall–Kier alpha value is -2.80. The number of aromatic amines is 1. The molecule has 1 aromatic carbocycles. The molecule has 4 heterocycles. The summed E-state index contributed by atoms with van der Waals surface area (Å²) in [6.45, 7) is 4.19. The van der Waals surface area contributed by atoms with Crippen LogP contribution in [-0.2, 0) is 25.4 Å². The fourth-order valence-corrected chi connectivity index (χ4v) is 7.08. The lowest BCUT2D eigenvalue weighted by Crippen LogP contribution is -2.46. The number of aliphatic hydroxyl groups excluding tert-OH is 1. The molecule has 12 heteroatoms. The van der Waals surface area contributed by atoms with E-state index in [2.05, 4.69) is 15.0 Å². The third-order valence-electron chi connectivity index (χ3n) is 6.79. The second-order valence-electron chi connectivity index (χ2n) is 9.31. The number of hydrogen-bond acceptors (Lipinski definition) is 7. The van der Waals surface area contributed by atoms with Gasteiger partial charge in [0.25, 0.3) is 0 Å². The maximum atomic E-state index is 13.7. The highest BCUT2D eigenvalue weighted by molar-refractivity contribution is 7.91. The van der Waals surface area contributed by atoms with Crippen LogP contribution in [0.5, 0.6) is 0 Å². The predicted molar refractivity (Wildman–Crippen MR) is 131 cm³/mol. The summed E-state index contributed by atoms with van der Waals surface area (Å²) >= 11 is 0. The average molecular weight is 518 g/mol. The molecule has 1 saturated heterocycles. The molecule has 1 fully saturated rings. The van der Waals surface area contributed by atoms with Crippen LogP contribution in [0.1, 0.15) is 38.6 Å². The number of aliphatic hydroxyl groups is 1. The van der Waals surface area contributed by atoms with E-state index in [-0.39, 0.29) is 15.4 Å². The largest absolute Gasteiger partial charge is 0.385 e. The molecule has 2 N–H and O–H groups in total. The van der Waals surface area contributed by atoms with E-state index in [4.69, 9.17) is 0 Å². The highest BCUT2D eigenvalue weighted by Crippen LogP contribution is 2.40. The van der Waals surface area contributed by atoms with E-state index in [1.165, 1.54) is 22.7 Å². The van der Waals surface area contributed by atoms with Crippen molar-refractivity contribution in [3.05, 3.63) is 48.4 Å². The molecule has 0 aliphatic carbocycles. The van der Waals surface area contributed by atoms with Crippen molar-refractivity contribution in [1.82, 2.24) is 23.8 Å². The zero-order chi connectivity index (χ0) is 25.2.